The maximum atomic E-state index is 12.4. The smallest absolute Gasteiger partial charge is 0.248 e. The van der Waals surface area contributed by atoms with Crippen molar-refractivity contribution >= 4 is 28.3 Å². The Labute approximate surface area is 119 Å². The zero-order valence-electron chi connectivity index (χ0n) is 10.4. The molecule has 0 unspecified atom stereocenters. The molecule has 1 N–H and O–H groups in total. The summed E-state index contributed by atoms with van der Waals surface area (Å²) < 4.78 is 0. The second-order valence-corrected chi connectivity index (χ2v) is 4.90. The molecule has 0 fully saturated rings. The molecule has 3 rings (SSSR count). The van der Waals surface area contributed by atoms with E-state index in [9.17, 15) is 9.59 Å². The number of rotatable bonds is 2. The molecular weight excluding hydrogens is 274 g/mol. The zero-order chi connectivity index (χ0) is 14.1. The highest BCUT2D eigenvalue weighted by molar-refractivity contribution is 6.30. The predicted molar refractivity (Wildman–Crippen MR) is 79.5 cm³/mol. The van der Waals surface area contributed by atoms with Crippen LogP contribution in [0.1, 0.15) is 15.9 Å². The summed E-state index contributed by atoms with van der Waals surface area (Å²) in [5, 5.41) is 1.42. The molecule has 98 valence electrons. The Balaban J connectivity index is 2.05. The van der Waals surface area contributed by atoms with E-state index in [4.69, 9.17) is 11.6 Å². The lowest BCUT2D eigenvalue weighted by Gasteiger charge is -2.03. The number of nitrogens with one attached hydrogen (secondary N) is 1. The molecule has 20 heavy (non-hydrogen) atoms. The Morgan fingerprint density at radius 3 is 2.35 bits per heavy atom. The van der Waals surface area contributed by atoms with E-state index in [0.717, 1.165) is 5.39 Å². The van der Waals surface area contributed by atoms with Gasteiger partial charge in [-0.3, -0.25) is 9.59 Å². The molecular formula is C16H10ClNO2. The maximum absolute atomic E-state index is 12.4. The van der Waals surface area contributed by atoms with Gasteiger partial charge in [0.15, 0.2) is 5.78 Å². The molecule has 2 aromatic carbocycles. The molecule has 0 amide bonds. The first kappa shape index (κ1) is 12.6. The van der Waals surface area contributed by atoms with Gasteiger partial charge < -0.3 is 4.98 Å². The summed E-state index contributed by atoms with van der Waals surface area (Å²) in [4.78, 5) is 26.3. The normalized spacial score (nSPS) is 10.7. The van der Waals surface area contributed by atoms with Crippen molar-refractivity contribution in [3.05, 3.63) is 81.1 Å². The molecule has 0 spiro atoms. The Morgan fingerprint density at radius 1 is 0.900 bits per heavy atom. The van der Waals surface area contributed by atoms with Gasteiger partial charge in [0.25, 0.3) is 0 Å². The third-order valence-electron chi connectivity index (χ3n) is 3.09. The van der Waals surface area contributed by atoms with Crippen LogP contribution in [0.5, 0.6) is 0 Å². The number of pyridine rings is 1. The highest BCUT2D eigenvalue weighted by Gasteiger charge is 2.09. The molecule has 0 aliphatic rings. The lowest BCUT2D eigenvalue weighted by atomic mass is 10.0. The Morgan fingerprint density at radius 2 is 1.60 bits per heavy atom. The van der Waals surface area contributed by atoms with Crippen LogP contribution < -0.4 is 5.56 Å². The van der Waals surface area contributed by atoms with Gasteiger partial charge >= 0.3 is 0 Å². The standard InChI is InChI=1S/C16H10ClNO2/c17-13-5-1-10(2-6-13)16(20)12-3-7-14-11(9-12)4-8-15(19)18-14/h1-9H,(H,18,19). The molecule has 3 aromatic rings. The molecule has 0 bridgehead atoms. The second kappa shape index (κ2) is 4.94. The van der Waals surface area contributed by atoms with Crippen molar-refractivity contribution in [3.63, 3.8) is 0 Å². The molecule has 0 radical (unpaired) electrons. The average molecular weight is 284 g/mol. The van der Waals surface area contributed by atoms with E-state index in [2.05, 4.69) is 4.98 Å². The summed E-state index contributed by atoms with van der Waals surface area (Å²) in [6.07, 6.45) is 0. The Bertz CT molecular complexity index is 850. The number of carbonyl (C=O) groups is 1. The van der Waals surface area contributed by atoms with Gasteiger partial charge in [0.1, 0.15) is 0 Å². The first-order valence-corrected chi connectivity index (χ1v) is 6.45. The van der Waals surface area contributed by atoms with Crippen LogP contribution in [0.3, 0.4) is 0 Å². The molecule has 3 nitrogen and oxygen atoms in total. The van der Waals surface area contributed by atoms with Gasteiger partial charge in [-0.15, -0.1) is 0 Å². The third-order valence-corrected chi connectivity index (χ3v) is 3.34. The van der Waals surface area contributed by atoms with E-state index in [-0.39, 0.29) is 11.3 Å². The summed E-state index contributed by atoms with van der Waals surface area (Å²) >= 11 is 5.81. The summed E-state index contributed by atoms with van der Waals surface area (Å²) in [6, 6.07) is 15.1. The van der Waals surface area contributed by atoms with E-state index in [1.807, 2.05) is 0 Å². The molecule has 1 heterocycles. The molecule has 0 aliphatic heterocycles. The molecule has 0 atom stereocenters. The number of hydrogen-bond acceptors (Lipinski definition) is 2. The fraction of sp³-hybridized carbons (Fsp3) is 0. The lowest BCUT2D eigenvalue weighted by Crippen LogP contribution is -2.04. The van der Waals surface area contributed by atoms with E-state index in [1.54, 1.807) is 48.5 Å². The van der Waals surface area contributed by atoms with Crippen LogP contribution in [0.25, 0.3) is 10.9 Å². The van der Waals surface area contributed by atoms with E-state index in [0.29, 0.717) is 21.7 Å². The number of carbonyl (C=O) groups excluding carboxylic acids is 1. The highest BCUT2D eigenvalue weighted by Crippen LogP contribution is 2.17. The first-order valence-electron chi connectivity index (χ1n) is 6.07. The fourth-order valence-electron chi connectivity index (χ4n) is 2.06. The van der Waals surface area contributed by atoms with Crippen molar-refractivity contribution in [1.82, 2.24) is 4.98 Å². The van der Waals surface area contributed by atoms with Crippen LogP contribution in [-0.2, 0) is 0 Å². The van der Waals surface area contributed by atoms with Crippen LogP contribution in [0.15, 0.2) is 59.4 Å². The number of aromatic amines is 1. The summed E-state index contributed by atoms with van der Waals surface area (Å²) in [7, 11) is 0. The van der Waals surface area contributed by atoms with Crippen molar-refractivity contribution in [3.8, 4) is 0 Å². The summed E-state index contributed by atoms with van der Waals surface area (Å²) in [5.74, 6) is -0.0743. The van der Waals surface area contributed by atoms with Gasteiger partial charge in [0, 0.05) is 27.7 Å². The van der Waals surface area contributed by atoms with E-state index >= 15 is 0 Å². The summed E-state index contributed by atoms with van der Waals surface area (Å²) in [5.41, 5.74) is 1.71. The number of benzene rings is 2. The minimum absolute atomic E-state index is 0.0743. The van der Waals surface area contributed by atoms with Crippen LogP contribution in [-0.4, -0.2) is 10.8 Å². The largest absolute Gasteiger partial charge is 0.322 e. The van der Waals surface area contributed by atoms with Crippen molar-refractivity contribution < 1.29 is 4.79 Å². The summed E-state index contributed by atoms with van der Waals surface area (Å²) in [6.45, 7) is 0. The van der Waals surface area contributed by atoms with Gasteiger partial charge in [0.2, 0.25) is 5.56 Å². The topological polar surface area (TPSA) is 49.9 Å². The number of ketones is 1. The number of aromatic nitrogens is 1. The third kappa shape index (κ3) is 2.36. The van der Waals surface area contributed by atoms with E-state index < -0.39 is 0 Å². The van der Waals surface area contributed by atoms with Gasteiger partial charge in [0.05, 0.1) is 0 Å². The van der Waals surface area contributed by atoms with Gasteiger partial charge in [-0.25, -0.2) is 0 Å². The Kier molecular flexibility index (Phi) is 3.12. The van der Waals surface area contributed by atoms with E-state index in [1.165, 1.54) is 6.07 Å². The monoisotopic (exact) mass is 283 g/mol. The molecule has 0 aliphatic carbocycles. The van der Waals surface area contributed by atoms with Crippen LogP contribution in [0.2, 0.25) is 5.02 Å². The fourth-order valence-corrected chi connectivity index (χ4v) is 2.19. The SMILES string of the molecule is O=C(c1ccc(Cl)cc1)c1ccc2[nH]c(=O)ccc2c1. The van der Waals surface area contributed by atoms with Crippen LogP contribution >= 0.6 is 11.6 Å². The average Bonchev–Trinajstić information content (AvgIpc) is 2.47. The molecule has 4 heteroatoms. The second-order valence-electron chi connectivity index (χ2n) is 4.46. The Hall–Kier alpha value is -2.39. The van der Waals surface area contributed by atoms with Crippen LogP contribution in [0.4, 0.5) is 0 Å². The van der Waals surface area contributed by atoms with Crippen molar-refractivity contribution in [2.24, 2.45) is 0 Å². The van der Waals surface area contributed by atoms with Crippen LogP contribution in [0, 0.1) is 0 Å². The van der Waals surface area contributed by atoms with Gasteiger partial charge in [-0.2, -0.15) is 0 Å². The minimum Gasteiger partial charge on any atom is -0.322 e. The van der Waals surface area contributed by atoms with Crippen molar-refractivity contribution in [1.29, 1.82) is 0 Å². The molecule has 0 saturated carbocycles. The van der Waals surface area contributed by atoms with Gasteiger partial charge in [-0.05, 0) is 53.9 Å². The predicted octanol–water partition coefficient (Wildman–Crippen LogP) is 3.41. The van der Waals surface area contributed by atoms with Crippen molar-refractivity contribution in [2.45, 2.75) is 0 Å². The highest BCUT2D eigenvalue weighted by atomic mass is 35.5. The number of H-pyrrole nitrogens is 1. The maximum Gasteiger partial charge on any atom is 0.248 e. The molecule has 0 saturated heterocycles. The quantitative estimate of drug-likeness (QED) is 0.733. The minimum atomic E-state index is -0.158. The van der Waals surface area contributed by atoms with Crippen molar-refractivity contribution in [2.75, 3.05) is 0 Å². The number of fused-ring (bicyclic) bond motifs is 1. The molecule has 1 aromatic heterocycles. The first-order chi connectivity index (χ1) is 9.63. The zero-order valence-corrected chi connectivity index (χ0v) is 11.1. The van der Waals surface area contributed by atoms with Gasteiger partial charge in [-0.1, -0.05) is 11.6 Å². The lowest BCUT2D eigenvalue weighted by molar-refractivity contribution is 0.103. The number of halogens is 1. The number of hydrogen-bond donors (Lipinski definition) is 1.